The van der Waals surface area contributed by atoms with E-state index in [9.17, 15) is 4.79 Å². The van der Waals surface area contributed by atoms with E-state index in [0.717, 1.165) is 35.7 Å². The first kappa shape index (κ1) is 17.6. The zero-order valence-electron chi connectivity index (χ0n) is 14.6. The molecule has 8 heteroatoms. The van der Waals surface area contributed by atoms with Gasteiger partial charge in [-0.15, -0.1) is 0 Å². The van der Waals surface area contributed by atoms with Crippen molar-refractivity contribution in [2.45, 2.75) is 37.8 Å². The van der Waals surface area contributed by atoms with E-state index in [-0.39, 0.29) is 12.1 Å². The molecule has 2 heterocycles. The van der Waals surface area contributed by atoms with Crippen LogP contribution < -0.4 is 10.6 Å². The quantitative estimate of drug-likeness (QED) is 0.537. The number of hydrogen-bond donors (Lipinski definition) is 4. The van der Waals surface area contributed by atoms with Gasteiger partial charge in [-0.2, -0.15) is 0 Å². The van der Waals surface area contributed by atoms with Crippen LogP contribution in [0.25, 0.3) is 22.2 Å². The van der Waals surface area contributed by atoms with E-state index in [0.29, 0.717) is 23.1 Å². The first-order valence-electron chi connectivity index (χ1n) is 8.95. The number of aromatic amines is 1. The summed E-state index contributed by atoms with van der Waals surface area (Å²) < 4.78 is 0. The molecule has 1 saturated carbocycles. The van der Waals surface area contributed by atoms with Crippen molar-refractivity contribution in [1.29, 1.82) is 0 Å². The number of benzene rings is 1. The Balaban J connectivity index is 1.57. The second kappa shape index (κ2) is 7.44. The fourth-order valence-electron chi connectivity index (χ4n) is 3.70. The van der Waals surface area contributed by atoms with E-state index in [1.807, 2.05) is 30.5 Å². The Bertz CT molecular complexity index is 974. The monoisotopic (exact) mass is 385 g/mol. The third-order valence-electron chi connectivity index (χ3n) is 4.92. The molecular formula is C19H20ClN5O2. The first-order chi connectivity index (χ1) is 13.1. The summed E-state index contributed by atoms with van der Waals surface area (Å²) in [5.74, 6) is 0.501. The molecular weight excluding hydrogens is 366 g/mol. The highest BCUT2D eigenvalue weighted by Gasteiger charge is 2.24. The molecule has 1 amide bonds. The van der Waals surface area contributed by atoms with Crippen molar-refractivity contribution in [2.24, 2.45) is 0 Å². The molecule has 4 rings (SSSR count). The van der Waals surface area contributed by atoms with E-state index < -0.39 is 6.09 Å². The second-order valence-corrected chi connectivity index (χ2v) is 7.20. The minimum absolute atomic E-state index is 0.0471. The van der Waals surface area contributed by atoms with Gasteiger partial charge in [-0.3, -0.25) is 0 Å². The van der Waals surface area contributed by atoms with E-state index in [2.05, 4.69) is 25.6 Å². The molecule has 1 fully saturated rings. The maximum absolute atomic E-state index is 10.9. The van der Waals surface area contributed by atoms with Gasteiger partial charge in [-0.25, -0.2) is 14.8 Å². The van der Waals surface area contributed by atoms with Crippen molar-refractivity contribution in [1.82, 2.24) is 20.3 Å². The third kappa shape index (κ3) is 3.83. The Morgan fingerprint density at radius 3 is 2.93 bits per heavy atom. The number of carbonyl (C=O) groups is 1. The van der Waals surface area contributed by atoms with Gasteiger partial charge in [-0.1, -0.05) is 29.8 Å². The van der Waals surface area contributed by atoms with Gasteiger partial charge in [0.2, 0.25) is 5.95 Å². The number of halogens is 1. The Morgan fingerprint density at radius 1 is 1.26 bits per heavy atom. The van der Waals surface area contributed by atoms with Crippen LogP contribution in [0, 0.1) is 0 Å². The number of aromatic nitrogens is 3. The standard InChI is InChI=1S/C19H20ClN5O2/c20-15-10-22-18(23-11-4-3-5-12(8-11)24-19(26)27)25-17(15)14-9-21-16-7-2-1-6-13(14)16/h1-2,6-7,9-12,21,24H,3-5,8H2,(H,26,27)(H,22,23,25)/t11-,12+/m1/s1. The van der Waals surface area contributed by atoms with Gasteiger partial charge in [0.15, 0.2) is 0 Å². The van der Waals surface area contributed by atoms with Gasteiger partial charge in [-0.05, 0) is 31.7 Å². The number of para-hydroxylation sites is 1. The van der Waals surface area contributed by atoms with Crippen LogP contribution in [0.3, 0.4) is 0 Å². The van der Waals surface area contributed by atoms with E-state index in [4.69, 9.17) is 16.7 Å². The lowest BCUT2D eigenvalue weighted by Crippen LogP contribution is -2.41. The topological polar surface area (TPSA) is 103 Å². The Labute approximate surface area is 161 Å². The lowest BCUT2D eigenvalue weighted by molar-refractivity contribution is 0.185. The fourth-order valence-corrected chi connectivity index (χ4v) is 3.90. The summed E-state index contributed by atoms with van der Waals surface area (Å²) in [5.41, 5.74) is 2.62. The molecule has 0 spiro atoms. The van der Waals surface area contributed by atoms with Crippen LogP contribution in [0.1, 0.15) is 25.7 Å². The van der Waals surface area contributed by atoms with Gasteiger partial charge in [0.05, 0.1) is 16.9 Å². The molecule has 1 aromatic carbocycles. The fraction of sp³-hybridized carbons (Fsp3) is 0.316. The highest BCUT2D eigenvalue weighted by Crippen LogP contribution is 2.32. The summed E-state index contributed by atoms with van der Waals surface area (Å²) in [6.45, 7) is 0. The number of amides is 1. The average molecular weight is 386 g/mol. The Hall–Kier alpha value is -2.80. The highest BCUT2D eigenvalue weighted by atomic mass is 35.5. The Morgan fingerprint density at radius 2 is 2.07 bits per heavy atom. The SMILES string of the molecule is O=C(O)N[C@H]1CCC[C@@H](Nc2ncc(Cl)c(-c3c[nH]c4ccccc34)n2)C1. The molecule has 3 aromatic rings. The summed E-state index contributed by atoms with van der Waals surface area (Å²) in [5, 5.41) is 16.4. The van der Waals surface area contributed by atoms with Crippen LogP contribution in [-0.2, 0) is 0 Å². The highest BCUT2D eigenvalue weighted by molar-refractivity contribution is 6.33. The van der Waals surface area contributed by atoms with Crippen molar-refractivity contribution in [3.05, 3.63) is 41.7 Å². The first-order valence-corrected chi connectivity index (χ1v) is 9.33. The molecule has 0 aliphatic heterocycles. The summed E-state index contributed by atoms with van der Waals surface area (Å²) >= 11 is 6.37. The molecule has 140 valence electrons. The van der Waals surface area contributed by atoms with Crippen molar-refractivity contribution < 1.29 is 9.90 Å². The lowest BCUT2D eigenvalue weighted by Gasteiger charge is -2.29. The maximum Gasteiger partial charge on any atom is 0.404 e. The summed E-state index contributed by atoms with van der Waals surface area (Å²) in [4.78, 5) is 23.1. The number of hydrogen-bond acceptors (Lipinski definition) is 4. The third-order valence-corrected chi connectivity index (χ3v) is 5.20. The largest absolute Gasteiger partial charge is 0.465 e. The summed E-state index contributed by atoms with van der Waals surface area (Å²) in [6, 6.07) is 8.05. The molecule has 2 atom stereocenters. The zero-order chi connectivity index (χ0) is 18.8. The molecule has 0 unspecified atom stereocenters. The number of rotatable bonds is 4. The number of fused-ring (bicyclic) bond motifs is 1. The van der Waals surface area contributed by atoms with Gasteiger partial charge < -0.3 is 20.7 Å². The maximum atomic E-state index is 10.9. The van der Waals surface area contributed by atoms with Gasteiger partial charge >= 0.3 is 6.09 Å². The molecule has 1 aliphatic rings. The van der Waals surface area contributed by atoms with Crippen molar-refractivity contribution in [2.75, 3.05) is 5.32 Å². The molecule has 1 aliphatic carbocycles. The van der Waals surface area contributed by atoms with E-state index in [1.54, 1.807) is 6.20 Å². The van der Waals surface area contributed by atoms with Crippen molar-refractivity contribution >= 4 is 34.5 Å². The van der Waals surface area contributed by atoms with Crippen molar-refractivity contribution in [3.8, 4) is 11.3 Å². The minimum atomic E-state index is -0.981. The van der Waals surface area contributed by atoms with Crippen LogP contribution in [0.5, 0.6) is 0 Å². The molecule has 0 radical (unpaired) electrons. The molecule has 7 nitrogen and oxygen atoms in total. The lowest BCUT2D eigenvalue weighted by atomic mass is 9.91. The molecule has 0 saturated heterocycles. The average Bonchev–Trinajstić information content (AvgIpc) is 3.07. The van der Waals surface area contributed by atoms with Crippen LogP contribution in [0.2, 0.25) is 5.02 Å². The molecule has 2 aromatic heterocycles. The summed E-state index contributed by atoms with van der Waals surface area (Å²) in [6.07, 6.45) is 5.98. The number of H-pyrrole nitrogens is 1. The van der Waals surface area contributed by atoms with E-state index >= 15 is 0 Å². The second-order valence-electron chi connectivity index (χ2n) is 6.79. The normalized spacial score (nSPS) is 19.7. The van der Waals surface area contributed by atoms with Crippen LogP contribution in [0.4, 0.5) is 10.7 Å². The molecule has 0 bridgehead atoms. The van der Waals surface area contributed by atoms with E-state index in [1.165, 1.54) is 0 Å². The number of nitrogens with zero attached hydrogens (tertiary/aromatic N) is 2. The smallest absolute Gasteiger partial charge is 0.404 e. The summed E-state index contributed by atoms with van der Waals surface area (Å²) in [7, 11) is 0. The minimum Gasteiger partial charge on any atom is -0.465 e. The number of anilines is 1. The Kier molecular flexibility index (Phi) is 4.85. The zero-order valence-corrected chi connectivity index (χ0v) is 15.3. The predicted octanol–water partition coefficient (Wildman–Crippen LogP) is 4.27. The predicted molar refractivity (Wildman–Crippen MR) is 105 cm³/mol. The van der Waals surface area contributed by atoms with Gasteiger partial charge in [0.25, 0.3) is 0 Å². The van der Waals surface area contributed by atoms with Crippen LogP contribution in [-0.4, -0.2) is 38.2 Å². The number of carboxylic acid groups (broad SMARTS) is 1. The van der Waals surface area contributed by atoms with Gasteiger partial charge in [0.1, 0.15) is 0 Å². The number of nitrogens with one attached hydrogen (secondary N) is 3. The van der Waals surface area contributed by atoms with Crippen LogP contribution >= 0.6 is 11.6 Å². The van der Waals surface area contributed by atoms with Crippen molar-refractivity contribution in [3.63, 3.8) is 0 Å². The molecule has 4 N–H and O–H groups in total. The molecule has 27 heavy (non-hydrogen) atoms. The van der Waals surface area contributed by atoms with Crippen LogP contribution in [0.15, 0.2) is 36.7 Å². The van der Waals surface area contributed by atoms with Gasteiger partial charge in [0, 0.05) is 34.7 Å².